The number of amides is 1. The summed E-state index contributed by atoms with van der Waals surface area (Å²) in [6.07, 6.45) is -0.261. The Morgan fingerprint density at radius 2 is 1.77 bits per heavy atom. The van der Waals surface area contributed by atoms with Crippen LogP contribution in [0.2, 0.25) is 5.02 Å². The van der Waals surface area contributed by atoms with Gasteiger partial charge in [-0.15, -0.1) is 4.36 Å². The highest BCUT2D eigenvalue weighted by molar-refractivity contribution is 7.84. The predicted molar refractivity (Wildman–Crippen MR) is 146 cm³/mol. The molecule has 1 heterocycles. The van der Waals surface area contributed by atoms with E-state index in [0.29, 0.717) is 19.7 Å². The second kappa shape index (κ2) is 11.7. The van der Waals surface area contributed by atoms with Gasteiger partial charge in [0.05, 0.1) is 35.0 Å². The topological polar surface area (TPSA) is 94.5 Å². The molecule has 0 aliphatic carbocycles. The number of ether oxygens (including phenoxy) is 2. The van der Waals surface area contributed by atoms with Gasteiger partial charge in [-0.05, 0) is 68.8 Å². The number of halogens is 2. The van der Waals surface area contributed by atoms with Crippen LogP contribution in [0.1, 0.15) is 53.2 Å². The Balaban J connectivity index is 1.44. The van der Waals surface area contributed by atoms with Crippen LogP contribution < -0.4 is 4.18 Å². The Morgan fingerprint density at radius 3 is 2.41 bits per heavy atom. The lowest BCUT2D eigenvalue weighted by Crippen LogP contribution is -2.42. The molecule has 8 nitrogen and oxygen atoms in total. The largest absolute Gasteiger partial charge is 0.456 e. The van der Waals surface area contributed by atoms with Crippen LogP contribution in [0.3, 0.4) is 0 Å². The summed E-state index contributed by atoms with van der Waals surface area (Å²) in [6, 6.07) is 18.9. The molecule has 1 amide bonds. The fourth-order valence-corrected chi connectivity index (χ4v) is 4.86. The molecule has 39 heavy (non-hydrogen) atoms. The Kier molecular flexibility index (Phi) is 8.58. The first-order chi connectivity index (χ1) is 18.4. The number of benzene rings is 3. The van der Waals surface area contributed by atoms with Crippen molar-refractivity contribution in [1.82, 2.24) is 4.90 Å². The average molecular weight is 575 g/mol. The maximum Gasteiger partial charge on any atom is 0.382 e. The van der Waals surface area contributed by atoms with Crippen molar-refractivity contribution in [3.05, 3.63) is 94.5 Å². The first-order valence-corrected chi connectivity index (χ1v) is 13.9. The first kappa shape index (κ1) is 28.5. The molecule has 2 unspecified atom stereocenters. The predicted octanol–water partition coefficient (Wildman–Crippen LogP) is 6.49. The van der Waals surface area contributed by atoms with Gasteiger partial charge in [-0.3, -0.25) is 4.79 Å². The minimum Gasteiger partial charge on any atom is -0.456 e. The van der Waals surface area contributed by atoms with Crippen molar-refractivity contribution in [2.45, 2.75) is 32.5 Å². The molecular weight excluding hydrogens is 547 g/mol. The van der Waals surface area contributed by atoms with E-state index in [-0.39, 0.29) is 39.6 Å². The molecule has 1 saturated heterocycles. The third-order valence-corrected chi connectivity index (χ3v) is 6.75. The van der Waals surface area contributed by atoms with Gasteiger partial charge in [-0.1, -0.05) is 45.8 Å². The lowest BCUT2D eigenvalue weighted by atomic mass is 10.1. The third kappa shape index (κ3) is 7.78. The monoisotopic (exact) mass is 574 g/mol. The maximum absolute atomic E-state index is 14.7. The lowest BCUT2D eigenvalue weighted by Gasteiger charge is -2.33. The molecule has 3 aromatic carbocycles. The van der Waals surface area contributed by atoms with Crippen LogP contribution >= 0.6 is 11.6 Å². The van der Waals surface area contributed by atoms with Gasteiger partial charge in [0.2, 0.25) is 0 Å². The highest BCUT2D eigenvalue weighted by Gasteiger charge is 2.27. The maximum atomic E-state index is 14.7. The first-order valence-electron chi connectivity index (χ1n) is 12.2. The lowest BCUT2D eigenvalue weighted by molar-refractivity contribution is -0.0228. The molecule has 0 spiro atoms. The molecule has 4 rings (SSSR count). The highest BCUT2D eigenvalue weighted by Crippen LogP contribution is 2.29. The minimum atomic E-state index is -4.67. The quantitative estimate of drug-likeness (QED) is 0.247. The second-order valence-electron chi connectivity index (χ2n) is 9.80. The Hall–Kier alpha value is -3.47. The number of nitrogens with zero attached hydrogens (tertiary/aromatic N) is 2. The van der Waals surface area contributed by atoms with E-state index in [1.54, 1.807) is 25.7 Å². The van der Waals surface area contributed by atoms with Gasteiger partial charge in [-0.25, -0.2) is 4.79 Å². The molecule has 2 atom stereocenters. The van der Waals surface area contributed by atoms with Gasteiger partial charge < -0.3 is 18.6 Å². The van der Waals surface area contributed by atoms with Crippen molar-refractivity contribution in [1.29, 1.82) is 0 Å². The van der Waals surface area contributed by atoms with E-state index < -0.39 is 22.0 Å². The standard InChI is InChI=1S/C28H28ClFN2O6S/c1-28(2,3)37-27(34)20-9-12-22(13-10-20)38-39(30,35)31-21-11-14-23(24(29)17-21)26(33)32-15-16-36-25(18-32)19-7-5-4-6-8-19/h4-14,17,25H,15-16,18H2,1-3H3. The van der Waals surface area contributed by atoms with Gasteiger partial charge in [0, 0.05) is 6.54 Å². The van der Waals surface area contributed by atoms with Crippen molar-refractivity contribution in [3.8, 4) is 5.75 Å². The molecule has 0 saturated carbocycles. The Bertz CT molecular complexity index is 1470. The summed E-state index contributed by atoms with van der Waals surface area (Å²) < 4.78 is 46.7. The second-order valence-corrected chi connectivity index (χ2v) is 11.4. The number of morpholine rings is 1. The third-order valence-electron chi connectivity index (χ3n) is 5.61. The summed E-state index contributed by atoms with van der Waals surface area (Å²) in [5.74, 6) is -0.966. The summed E-state index contributed by atoms with van der Waals surface area (Å²) in [5, 5.41) is 0.0286. The smallest absolute Gasteiger partial charge is 0.382 e. The van der Waals surface area contributed by atoms with Crippen molar-refractivity contribution in [2.75, 3.05) is 19.7 Å². The zero-order chi connectivity index (χ0) is 28.2. The zero-order valence-electron chi connectivity index (χ0n) is 21.6. The fraction of sp³-hybridized carbons (Fsp3) is 0.286. The molecule has 1 fully saturated rings. The Morgan fingerprint density at radius 1 is 1.08 bits per heavy atom. The van der Waals surface area contributed by atoms with Gasteiger partial charge in [0.15, 0.2) is 0 Å². The molecule has 1 aliphatic rings. The van der Waals surface area contributed by atoms with E-state index in [4.69, 9.17) is 25.3 Å². The van der Waals surface area contributed by atoms with Crippen LogP contribution in [-0.2, 0) is 19.9 Å². The SMILES string of the molecule is CC(C)(C)OC(=O)c1ccc(OS(=O)(F)=Nc2ccc(C(=O)N3CCOC(c4ccccc4)C3)c(Cl)c2)cc1. The van der Waals surface area contributed by atoms with Crippen molar-refractivity contribution >= 4 is 39.6 Å². The van der Waals surface area contributed by atoms with Crippen LogP contribution in [0.4, 0.5) is 9.57 Å². The van der Waals surface area contributed by atoms with E-state index in [9.17, 15) is 17.7 Å². The van der Waals surface area contributed by atoms with Gasteiger partial charge >= 0.3 is 16.4 Å². The van der Waals surface area contributed by atoms with E-state index in [2.05, 4.69) is 4.36 Å². The highest BCUT2D eigenvalue weighted by atomic mass is 35.5. The van der Waals surface area contributed by atoms with E-state index in [1.165, 1.54) is 42.5 Å². The van der Waals surface area contributed by atoms with Crippen LogP contribution in [0, 0.1) is 0 Å². The summed E-state index contributed by atoms with van der Waals surface area (Å²) >= 11 is 6.34. The average Bonchev–Trinajstić information content (AvgIpc) is 2.88. The summed E-state index contributed by atoms with van der Waals surface area (Å²) in [7, 11) is -4.67. The Labute approximate surface area is 232 Å². The molecule has 0 bridgehead atoms. The molecule has 0 N–H and O–H groups in total. The van der Waals surface area contributed by atoms with E-state index in [1.807, 2.05) is 30.3 Å². The van der Waals surface area contributed by atoms with Crippen LogP contribution in [0.25, 0.3) is 0 Å². The number of rotatable bonds is 6. The molecule has 0 radical (unpaired) electrons. The van der Waals surface area contributed by atoms with E-state index in [0.717, 1.165) is 5.56 Å². The van der Waals surface area contributed by atoms with Gasteiger partial charge in [-0.2, -0.15) is 4.21 Å². The number of carbonyl (C=O) groups excluding carboxylic acids is 2. The summed E-state index contributed by atoms with van der Waals surface area (Å²) in [6.45, 7) is 6.33. The van der Waals surface area contributed by atoms with Crippen LogP contribution in [0.15, 0.2) is 77.2 Å². The van der Waals surface area contributed by atoms with Crippen LogP contribution in [-0.4, -0.2) is 46.3 Å². The fourth-order valence-electron chi connectivity index (χ4n) is 3.85. The van der Waals surface area contributed by atoms with Gasteiger partial charge in [0.25, 0.3) is 5.91 Å². The number of hydrogen-bond donors (Lipinski definition) is 0. The van der Waals surface area contributed by atoms with Crippen molar-refractivity contribution in [3.63, 3.8) is 0 Å². The molecule has 1 aliphatic heterocycles. The molecular formula is C28H28ClFN2O6S. The molecule has 206 valence electrons. The van der Waals surface area contributed by atoms with Crippen molar-refractivity contribution < 1.29 is 31.3 Å². The van der Waals surface area contributed by atoms with Crippen molar-refractivity contribution in [2.24, 2.45) is 4.36 Å². The summed E-state index contributed by atoms with van der Waals surface area (Å²) in [4.78, 5) is 26.9. The number of hydrogen-bond acceptors (Lipinski definition) is 7. The molecule has 3 aromatic rings. The molecule has 0 aromatic heterocycles. The molecule has 11 heteroatoms. The normalized spacial score (nSPS) is 17.2. The van der Waals surface area contributed by atoms with Gasteiger partial charge in [0.1, 0.15) is 17.5 Å². The minimum absolute atomic E-state index is 0.0286. The number of carbonyl (C=O) groups is 2. The van der Waals surface area contributed by atoms with Crippen LogP contribution in [0.5, 0.6) is 5.75 Å². The zero-order valence-corrected chi connectivity index (χ0v) is 23.2. The summed E-state index contributed by atoms with van der Waals surface area (Å²) in [5.41, 5.74) is 0.647. The van der Waals surface area contributed by atoms with E-state index >= 15 is 0 Å². The number of esters is 1.